The maximum absolute atomic E-state index is 13.1. The molecule has 1 aliphatic carbocycles. The van der Waals surface area contributed by atoms with Crippen molar-refractivity contribution in [1.82, 2.24) is 10.2 Å². The number of carbonyl (C=O) groups excluding carboxylic acids is 2. The van der Waals surface area contributed by atoms with Crippen LogP contribution in [0.25, 0.3) is 10.4 Å². The lowest BCUT2D eigenvalue weighted by atomic mass is 10.0. The van der Waals surface area contributed by atoms with Crippen molar-refractivity contribution in [2.24, 2.45) is 0 Å². The molecule has 2 aliphatic rings. The van der Waals surface area contributed by atoms with Gasteiger partial charge in [0.2, 0.25) is 0 Å². The maximum Gasteiger partial charge on any atom is 0.268 e. The molecule has 0 bridgehead atoms. The molecule has 2 heterocycles. The number of likely N-dealkylation sites (N-methyl/N-ethyl adjacent to an activating group) is 1. The van der Waals surface area contributed by atoms with E-state index >= 15 is 0 Å². The van der Waals surface area contributed by atoms with E-state index in [0.29, 0.717) is 34.3 Å². The number of carbonyl (C=O) groups is 2. The largest absolute Gasteiger partial charge is 0.493 e. The molecule has 5 nitrogen and oxygen atoms in total. The molecule has 150 valence electrons. The predicted molar refractivity (Wildman–Crippen MR) is 116 cm³/mol. The molecule has 1 aromatic heterocycles. The molecule has 4 rings (SSSR count). The van der Waals surface area contributed by atoms with E-state index in [0.717, 1.165) is 34.5 Å². The van der Waals surface area contributed by atoms with Crippen LogP contribution in [0.1, 0.15) is 38.4 Å². The van der Waals surface area contributed by atoms with Crippen LogP contribution in [0.3, 0.4) is 0 Å². The Bertz CT molecular complexity index is 1050. The summed E-state index contributed by atoms with van der Waals surface area (Å²) in [4.78, 5) is 28.3. The van der Waals surface area contributed by atoms with Crippen LogP contribution in [0, 0.1) is 0 Å². The number of thiophene rings is 1. The second-order valence-electron chi connectivity index (χ2n) is 6.94. The molecule has 0 fully saturated rings. The summed E-state index contributed by atoms with van der Waals surface area (Å²) in [6.45, 7) is 0.497. The number of benzene rings is 1. The third kappa shape index (κ3) is 3.70. The van der Waals surface area contributed by atoms with Gasteiger partial charge < -0.3 is 15.0 Å². The number of hydrogen-bond acceptors (Lipinski definition) is 4. The van der Waals surface area contributed by atoms with Gasteiger partial charge in [-0.2, -0.15) is 0 Å². The van der Waals surface area contributed by atoms with Crippen LogP contribution in [0.2, 0.25) is 0 Å². The Kier molecular flexibility index (Phi) is 5.48. The Morgan fingerprint density at radius 1 is 1.21 bits per heavy atom. The summed E-state index contributed by atoms with van der Waals surface area (Å²) in [5.41, 5.74) is 3.29. The number of rotatable bonds is 3. The van der Waals surface area contributed by atoms with Crippen molar-refractivity contribution in [3.8, 4) is 16.2 Å². The first-order chi connectivity index (χ1) is 14.0. The minimum Gasteiger partial charge on any atom is -0.493 e. The molecule has 2 amide bonds. The smallest absolute Gasteiger partial charge is 0.268 e. The van der Waals surface area contributed by atoms with Crippen LogP contribution in [0.5, 0.6) is 5.75 Å². The van der Waals surface area contributed by atoms with Crippen molar-refractivity contribution < 1.29 is 14.3 Å². The van der Waals surface area contributed by atoms with Crippen LogP contribution in [0.4, 0.5) is 0 Å². The fourth-order valence-corrected chi connectivity index (χ4v) is 5.07. The number of ether oxygens (including phenoxy) is 1. The number of allylic oxidation sites excluding steroid dienone is 3. The molecule has 0 saturated carbocycles. The normalized spacial score (nSPS) is 15.1. The zero-order valence-corrected chi connectivity index (χ0v) is 17.8. The first-order valence-electron chi connectivity index (χ1n) is 9.46. The molecule has 1 aliphatic heterocycles. The highest BCUT2D eigenvalue weighted by molar-refractivity contribution is 7.17. The number of halogens is 1. The van der Waals surface area contributed by atoms with Crippen molar-refractivity contribution in [2.75, 3.05) is 20.7 Å². The van der Waals surface area contributed by atoms with E-state index in [2.05, 4.69) is 5.32 Å². The van der Waals surface area contributed by atoms with Gasteiger partial charge in [0, 0.05) is 36.5 Å². The molecule has 0 saturated heterocycles. The highest BCUT2D eigenvalue weighted by Gasteiger charge is 2.25. The molecule has 2 aromatic rings. The summed E-state index contributed by atoms with van der Waals surface area (Å²) in [7, 11) is 3.36. The van der Waals surface area contributed by atoms with E-state index in [4.69, 9.17) is 16.3 Å². The number of amides is 2. The van der Waals surface area contributed by atoms with Crippen LogP contribution in [0.15, 0.2) is 47.1 Å². The van der Waals surface area contributed by atoms with E-state index in [-0.39, 0.29) is 11.8 Å². The highest BCUT2D eigenvalue weighted by Crippen LogP contribution is 2.41. The minimum atomic E-state index is -0.157. The Hall–Kier alpha value is -2.57. The summed E-state index contributed by atoms with van der Waals surface area (Å²) in [5, 5.41) is 3.24. The molecule has 29 heavy (non-hydrogen) atoms. The van der Waals surface area contributed by atoms with Crippen LogP contribution in [-0.4, -0.2) is 37.4 Å². The number of nitrogens with one attached hydrogen (secondary N) is 1. The summed E-state index contributed by atoms with van der Waals surface area (Å²) in [6.07, 6.45) is 6.43. The van der Waals surface area contributed by atoms with Gasteiger partial charge in [-0.25, -0.2) is 0 Å². The summed E-state index contributed by atoms with van der Waals surface area (Å²) in [6, 6.07) is 7.38. The zero-order valence-electron chi connectivity index (χ0n) is 16.3. The first-order valence-corrected chi connectivity index (χ1v) is 10.6. The van der Waals surface area contributed by atoms with Crippen molar-refractivity contribution in [2.45, 2.75) is 19.3 Å². The number of fused-ring (bicyclic) bond motifs is 3. The van der Waals surface area contributed by atoms with Gasteiger partial charge in [-0.3, -0.25) is 9.59 Å². The molecular weight excluding hydrogens is 408 g/mol. The Balaban J connectivity index is 1.68. The van der Waals surface area contributed by atoms with Gasteiger partial charge in [0.05, 0.1) is 22.2 Å². The maximum atomic E-state index is 13.1. The van der Waals surface area contributed by atoms with Gasteiger partial charge in [0.1, 0.15) is 5.75 Å². The lowest BCUT2D eigenvalue weighted by Crippen LogP contribution is -2.26. The second kappa shape index (κ2) is 8.05. The molecule has 1 N–H and O–H groups in total. The molecule has 0 radical (unpaired) electrons. The van der Waals surface area contributed by atoms with Crippen LogP contribution >= 0.6 is 22.9 Å². The van der Waals surface area contributed by atoms with E-state index in [1.807, 2.05) is 24.3 Å². The predicted octanol–water partition coefficient (Wildman–Crippen LogP) is 4.58. The van der Waals surface area contributed by atoms with Crippen molar-refractivity contribution in [3.63, 3.8) is 0 Å². The third-order valence-electron chi connectivity index (χ3n) is 5.10. The van der Waals surface area contributed by atoms with E-state index < -0.39 is 0 Å². The first kappa shape index (κ1) is 19.7. The fraction of sp³-hybridized carbons (Fsp3) is 0.273. The highest BCUT2D eigenvalue weighted by atomic mass is 35.5. The van der Waals surface area contributed by atoms with Gasteiger partial charge in [-0.15, -0.1) is 11.3 Å². The fourth-order valence-electron chi connectivity index (χ4n) is 3.54. The van der Waals surface area contributed by atoms with Gasteiger partial charge >= 0.3 is 0 Å². The SMILES string of the molecule is CNC(=O)c1ccc2c(c1)OCCc1cc(C(=O)N(C)C3=CCCC=C3Cl)sc1-2. The molecule has 0 atom stereocenters. The standard InChI is InChI=1S/C22H21ClN2O3S/c1-24-21(26)14-7-8-15-18(11-14)28-10-9-13-12-19(29-20(13)15)22(27)25(2)17-6-4-3-5-16(17)23/h5-8,11-12H,3-4,9-10H2,1-2H3,(H,24,26). The lowest BCUT2D eigenvalue weighted by molar-refractivity contribution is 0.0843. The summed E-state index contributed by atoms with van der Waals surface area (Å²) in [5.74, 6) is 0.433. The lowest BCUT2D eigenvalue weighted by Gasteiger charge is -2.22. The summed E-state index contributed by atoms with van der Waals surface area (Å²) >= 11 is 7.76. The molecule has 0 unspecified atom stereocenters. The number of nitrogens with zero attached hydrogens (tertiary/aromatic N) is 1. The van der Waals surface area contributed by atoms with Crippen molar-refractivity contribution in [1.29, 1.82) is 0 Å². The number of hydrogen-bond donors (Lipinski definition) is 1. The molecule has 1 aromatic carbocycles. The molecular formula is C22H21ClN2O3S. The van der Waals surface area contributed by atoms with Crippen molar-refractivity contribution in [3.05, 3.63) is 63.2 Å². The third-order valence-corrected chi connectivity index (χ3v) is 6.65. The van der Waals surface area contributed by atoms with Crippen molar-refractivity contribution >= 4 is 34.8 Å². The summed E-state index contributed by atoms with van der Waals surface area (Å²) < 4.78 is 5.88. The Morgan fingerprint density at radius 3 is 2.76 bits per heavy atom. The van der Waals surface area contributed by atoms with Crippen LogP contribution < -0.4 is 10.1 Å². The van der Waals surface area contributed by atoms with E-state index in [9.17, 15) is 9.59 Å². The zero-order chi connectivity index (χ0) is 20.5. The second-order valence-corrected chi connectivity index (χ2v) is 8.40. The topological polar surface area (TPSA) is 58.6 Å². The van der Waals surface area contributed by atoms with Gasteiger partial charge in [-0.05, 0) is 42.7 Å². The molecule has 7 heteroatoms. The molecule has 0 spiro atoms. The average molecular weight is 429 g/mol. The monoisotopic (exact) mass is 428 g/mol. The Labute approximate surface area is 178 Å². The average Bonchev–Trinajstić information content (AvgIpc) is 3.08. The Morgan fingerprint density at radius 2 is 2.00 bits per heavy atom. The quantitative estimate of drug-likeness (QED) is 0.778. The van der Waals surface area contributed by atoms with Crippen LogP contribution in [-0.2, 0) is 6.42 Å². The van der Waals surface area contributed by atoms with Gasteiger partial charge in [0.25, 0.3) is 11.8 Å². The van der Waals surface area contributed by atoms with E-state index in [1.165, 1.54) is 11.3 Å². The van der Waals surface area contributed by atoms with Gasteiger partial charge in [-0.1, -0.05) is 23.8 Å². The van der Waals surface area contributed by atoms with Gasteiger partial charge in [0.15, 0.2) is 0 Å². The van der Waals surface area contributed by atoms with E-state index in [1.54, 1.807) is 31.1 Å². The minimum absolute atomic E-state index is 0.0766.